The molecule has 0 bridgehead atoms. The molecule has 1 amide bonds. The van der Waals surface area contributed by atoms with Crippen molar-refractivity contribution in [3.63, 3.8) is 0 Å². The van der Waals surface area contributed by atoms with Crippen molar-refractivity contribution in [1.29, 1.82) is 0 Å². The lowest BCUT2D eigenvalue weighted by molar-refractivity contribution is 0.0971. The largest absolute Gasteiger partial charge is 0.354 e. The van der Waals surface area contributed by atoms with Crippen molar-refractivity contribution in [1.82, 2.24) is 9.97 Å². The fraction of sp³-hybridized carbons (Fsp3) is 0.211. The molecule has 0 radical (unpaired) electrons. The highest BCUT2D eigenvalue weighted by Crippen LogP contribution is 2.28. The standard InChI is InChI=1S/C19H16FN3O2S/c1-10-16-13(6-3-7-15(16)24)21-17(10)18(25)23-19-22-14(9-26-19)11-4-2-5-12(20)8-11/h2,4-5,8-9,21H,3,6-7H2,1H3,(H,22,23,25). The Hall–Kier alpha value is -2.80. The average molecular weight is 369 g/mol. The van der Waals surface area contributed by atoms with Crippen LogP contribution in [0.5, 0.6) is 0 Å². The van der Waals surface area contributed by atoms with Gasteiger partial charge >= 0.3 is 0 Å². The van der Waals surface area contributed by atoms with Crippen LogP contribution in [0.2, 0.25) is 0 Å². The molecule has 132 valence electrons. The van der Waals surface area contributed by atoms with Gasteiger partial charge in [0.25, 0.3) is 5.91 Å². The van der Waals surface area contributed by atoms with Gasteiger partial charge in [-0.25, -0.2) is 9.37 Å². The van der Waals surface area contributed by atoms with Crippen LogP contribution in [-0.4, -0.2) is 21.7 Å². The Morgan fingerprint density at radius 1 is 1.35 bits per heavy atom. The van der Waals surface area contributed by atoms with Crippen LogP contribution in [0.1, 0.15) is 44.9 Å². The van der Waals surface area contributed by atoms with E-state index in [-0.39, 0.29) is 17.5 Å². The third-order valence-corrected chi connectivity index (χ3v) is 5.27. The summed E-state index contributed by atoms with van der Waals surface area (Å²) in [5.74, 6) is -0.579. The van der Waals surface area contributed by atoms with Crippen molar-refractivity contribution in [2.45, 2.75) is 26.2 Å². The molecule has 0 atom stereocenters. The van der Waals surface area contributed by atoms with Gasteiger partial charge in [0, 0.05) is 28.6 Å². The summed E-state index contributed by atoms with van der Waals surface area (Å²) in [4.78, 5) is 32.2. The Labute approximate surface area is 153 Å². The predicted molar refractivity (Wildman–Crippen MR) is 98.3 cm³/mol. The Kier molecular flexibility index (Phi) is 4.16. The van der Waals surface area contributed by atoms with Gasteiger partial charge in [-0.1, -0.05) is 12.1 Å². The number of nitrogens with zero attached hydrogens (tertiary/aromatic N) is 1. The zero-order chi connectivity index (χ0) is 18.3. The van der Waals surface area contributed by atoms with E-state index in [0.717, 1.165) is 18.5 Å². The molecule has 4 rings (SSSR count). The first-order valence-corrected chi connectivity index (χ1v) is 9.18. The minimum atomic E-state index is -0.335. The SMILES string of the molecule is Cc1c(C(=O)Nc2nc(-c3cccc(F)c3)cs2)[nH]c2c1C(=O)CCC2. The van der Waals surface area contributed by atoms with Crippen LogP contribution in [0.25, 0.3) is 11.3 Å². The number of carbonyl (C=O) groups is 2. The smallest absolute Gasteiger partial charge is 0.274 e. The van der Waals surface area contributed by atoms with Gasteiger partial charge in [0.05, 0.1) is 5.69 Å². The number of amides is 1. The number of aromatic nitrogens is 2. The van der Waals surface area contributed by atoms with Crippen LogP contribution in [0.15, 0.2) is 29.6 Å². The number of halogens is 1. The van der Waals surface area contributed by atoms with Crippen molar-refractivity contribution in [3.8, 4) is 11.3 Å². The molecular formula is C19H16FN3O2S. The number of anilines is 1. The van der Waals surface area contributed by atoms with Crippen LogP contribution < -0.4 is 5.32 Å². The third kappa shape index (κ3) is 2.94. The molecule has 0 unspecified atom stereocenters. The highest BCUT2D eigenvalue weighted by Gasteiger charge is 2.26. The summed E-state index contributed by atoms with van der Waals surface area (Å²) in [6, 6.07) is 6.15. The highest BCUT2D eigenvalue weighted by atomic mass is 32.1. The van der Waals surface area contributed by atoms with Crippen molar-refractivity contribution in [3.05, 3.63) is 58.0 Å². The van der Waals surface area contributed by atoms with Crippen LogP contribution in [0.3, 0.4) is 0 Å². The van der Waals surface area contributed by atoms with Crippen molar-refractivity contribution in [2.75, 3.05) is 5.32 Å². The molecular weight excluding hydrogens is 353 g/mol. The minimum absolute atomic E-state index is 0.0849. The first kappa shape index (κ1) is 16.7. The normalized spacial score (nSPS) is 13.5. The van der Waals surface area contributed by atoms with E-state index < -0.39 is 0 Å². The van der Waals surface area contributed by atoms with Crippen LogP contribution >= 0.6 is 11.3 Å². The molecule has 5 nitrogen and oxygen atoms in total. The van der Waals surface area contributed by atoms with Gasteiger partial charge in [-0.3, -0.25) is 14.9 Å². The molecule has 0 spiro atoms. The second-order valence-electron chi connectivity index (χ2n) is 6.26. The fourth-order valence-corrected chi connectivity index (χ4v) is 3.99. The number of H-pyrrole nitrogens is 1. The summed E-state index contributed by atoms with van der Waals surface area (Å²) < 4.78 is 13.4. The molecule has 26 heavy (non-hydrogen) atoms. The number of benzene rings is 1. The van der Waals surface area contributed by atoms with Crippen molar-refractivity contribution >= 4 is 28.2 Å². The number of rotatable bonds is 3. The number of aromatic amines is 1. The number of hydrogen-bond donors (Lipinski definition) is 2. The Morgan fingerprint density at radius 3 is 2.96 bits per heavy atom. The summed E-state index contributed by atoms with van der Waals surface area (Å²) in [5, 5.41) is 4.95. The monoisotopic (exact) mass is 369 g/mol. The number of ketones is 1. The highest BCUT2D eigenvalue weighted by molar-refractivity contribution is 7.14. The first-order chi connectivity index (χ1) is 12.5. The molecule has 2 N–H and O–H groups in total. The van der Waals surface area contributed by atoms with E-state index in [9.17, 15) is 14.0 Å². The predicted octanol–water partition coefficient (Wildman–Crippen LogP) is 4.36. The molecule has 2 heterocycles. The van der Waals surface area contributed by atoms with Crippen LogP contribution in [-0.2, 0) is 6.42 Å². The lowest BCUT2D eigenvalue weighted by atomic mass is 9.94. The molecule has 1 aliphatic rings. The number of carbonyl (C=O) groups excluding carboxylic acids is 2. The maximum atomic E-state index is 13.4. The first-order valence-electron chi connectivity index (χ1n) is 8.30. The number of thiazole rings is 1. The van der Waals surface area contributed by atoms with E-state index in [1.807, 2.05) is 0 Å². The van der Waals surface area contributed by atoms with Gasteiger partial charge in [-0.2, -0.15) is 0 Å². The lowest BCUT2D eigenvalue weighted by Gasteiger charge is -2.09. The summed E-state index contributed by atoms with van der Waals surface area (Å²) >= 11 is 1.27. The quantitative estimate of drug-likeness (QED) is 0.720. The summed E-state index contributed by atoms with van der Waals surface area (Å²) in [7, 11) is 0. The second kappa shape index (κ2) is 6.49. The van der Waals surface area contributed by atoms with E-state index in [1.165, 1.54) is 23.5 Å². The molecule has 2 aromatic heterocycles. The van der Waals surface area contributed by atoms with Gasteiger partial charge in [0.1, 0.15) is 11.5 Å². The maximum Gasteiger partial charge on any atom is 0.274 e. The number of hydrogen-bond acceptors (Lipinski definition) is 4. The van der Waals surface area contributed by atoms with Crippen LogP contribution in [0.4, 0.5) is 9.52 Å². The fourth-order valence-electron chi connectivity index (χ4n) is 3.27. The van der Waals surface area contributed by atoms with Gasteiger partial charge in [-0.15, -0.1) is 11.3 Å². The summed E-state index contributed by atoms with van der Waals surface area (Å²) in [5.41, 5.74) is 3.82. The molecule has 0 saturated carbocycles. The van der Waals surface area contributed by atoms with Gasteiger partial charge < -0.3 is 4.98 Å². The number of fused-ring (bicyclic) bond motifs is 1. The van der Waals surface area contributed by atoms with Crippen LogP contribution in [0, 0.1) is 12.7 Å². The number of Topliss-reactive ketones (excluding diaryl/α,β-unsaturated/α-hetero) is 1. The summed E-state index contributed by atoms with van der Waals surface area (Å²) in [6.07, 6.45) is 2.10. The number of nitrogens with one attached hydrogen (secondary N) is 2. The zero-order valence-electron chi connectivity index (χ0n) is 14.1. The third-order valence-electron chi connectivity index (χ3n) is 4.51. The van der Waals surface area contributed by atoms with Gasteiger partial charge in [0.15, 0.2) is 10.9 Å². The molecule has 7 heteroatoms. The molecule has 1 aliphatic carbocycles. The molecule has 1 aromatic carbocycles. The Bertz CT molecular complexity index is 1020. The van der Waals surface area contributed by atoms with E-state index >= 15 is 0 Å². The van der Waals surface area contributed by atoms with E-state index in [0.29, 0.717) is 39.6 Å². The van der Waals surface area contributed by atoms with Crippen molar-refractivity contribution < 1.29 is 14.0 Å². The average Bonchev–Trinajstić information content (AvgIpc) is 3.20. The topological polar surface area (TPSA) is 74.8 Å². The van der Waals surface area contributed by atoms with E-state index in [2.05, 4.69) is 15.3 Å². The molecule has 3 aromatic rings. The molecule has 0 saturated heterocycles. The molecule has 0 fully saturated rings. The Balaban J connectivity index is 1.57. The van der Waals surface area contributed by atoms with Crippen molar-refractivity contribution in [2.24, 2.45) is 0 Å². The zero-order valence-corrected chi connectivity index (χ0v) is 14.9. The Morgan fingerprint density at radius 2 is 2.19 bits per heavy atom. The minimum Gasteiger partial charge on any atom is -0.354 e. The number of aryl methyl sites for hydroxylation is 1. The van der Waals surface area contributed by atoms with E-state index in [4.69, 9.17) is 0 Å². The second-order valence-corrected chi connectivity index (χ2v) is 7.12. The van der Waals surface area contributed by atoms with Gasteiger partial charge in [0.2, 0.25) is 0 Å². The van der Waals surface area contributed by atoms with E-state index in [1.54, 1.807) is 24.4 Å². The van der Waals surface area contributed by atoms with Gasteiger partial charge in [-0.05, 0) is 37.5 Å². The summed E-state index contributed by atoms with van der Waals surface area (Å²) in [6.45, 7) is 1.79. The lowest BCUT2D eigenvalue weighted by Crippen LogP contribution is -2.13. The molecule has 0 aliphatic heterocycles. The maximum absolute atomic E-state index is 13.4.